The van der Waals surface area contributed by atoms with Crippen molar-refractivity contribution in [2.45, 2.75) is 13.3 Å². The van der Waals surface area contributed by atoms with Crippen LogP contribution in [0.4, 0.5) is 11.4 Å². The molecule has 0 atom stereocenters. The molecule has 14 heteroatoms. The Morgan fingerprint density at radius 1 is 0.850 bits per heavy atom. The van der Waals surface area contributed by atoms with Gasteiger partial charge in [0.05, 0.1) is 15.4 Å². The molecule has 0 fully saturated rings. The van der Waals surface area contributed by atoms with Crippen molar-refractivity contribution in [3.8, 4) is 0 Å². The number of hydrogen-bond acceptors (Lipinski definition) is 10. The SMILES string of the molecule is CNC(=O)c1ccc(/C=C/N(C)C)c([N+](=O)[O-])c1.CNC(=O)c1ccc(C)c([N+](=O)[O-])c1.COC(OC)N(C)C. The zero-order valence-corrected chi connectivity index (χ0v) is 24.3. The molecule has 220 valence electrons. The number of nitrogens with zero attached hydrogens (tertiary/aromatic N) is 4. The summed E-state index contributed by atoms with van der Waals surface area (Å²) in [6.07, 6.45) is 3.13. The highest BCUT2D eigenvalue weighted by Gasteiger charge is 2.16. The highest BCUT2D eigenvalue weighted by molar-refractivity contribution is 5.95. The van der Waals surface area contributed by atoms with Gasteiger partial charge < -0.3 is 25.0 Å². The van der Waals surface area contributed by atoms with E-state index in [1.54, 1.807) is 62.6 Å². The lowest BCUT2D eigenvalue weighted by Crippen LogP contribution is -2.30. The first kappa shape index (κ1) is 35.6. The number of benzene rings is 2. The van der Waals surface area contributed by atoms with Crippen LogP contribution >= 0.6 is 0 Å². The summed E-state index contributed by atoms with van der Waals surface area (Å²) in [5.74, 6) is -0.672. The Bertz CT molecular complexity index is 1180. The van der Waals surface area contributed by atoms with Crippen LogP contribution in [0.5, 0.6) is 0 Å². The summed E-state index contributed by atoms with van der Waals surface area (Å²) >= 11 is 0. The highest BCUT2D eigenvalue weighted by Crippen LogP contribution is 2.22. The number of nitro groups is 2. The molecule has 0 spiro atoms. The molecular weight excluding hydrogens is 524 g/mol. The van der Waals surface area contributed by atoms with Crippen LogP contribution in [-0.2, 0) is 9.47 Å². The molecule has 0 aromatic heterocycles. The van der Waals surface area contributed by atoms with E-state index in [1.807, 2.05) is 33.1 Å². The van der Waals surface area contributed by atoms with E-state index in [1.165, 1.54) is 26.2 Å². The van der Waals surface area contributed by atoms with Gasteiger partial charge in [-0.1, -0.05) is 6.07 Å². The van der Waals surface area contributed by atoms with Crippen molar-refractivity contribution in [1.29, 1.82) is 0 Å². The Hall–Kier alpha value is -4.40. The molecule has 0 saturated heterocycles. The molecule has 40 heavy (non-hydrogen) atoms. The number of nitrogens with one attached hydrogen (secondary N) is 2. The van der Waals surface area contributed by atoms with Gasteiger partial charge >= 0.3 is 0 Å². The summed E-state index contributed by atoms with van der Waals surface area (Å²) < 4.78 is 9.73. The molecule has 2 aromatic carbocycles. The lowest BCUT2D eigenvalue weighted by atomic mass is 10.1. The molecule has 2 amide bonds. The second kappa shape index (κ2) is 18.0. The smallest absolute Gasteiger partial charge is 0.277 e. The maximum Gasteiger partial charge on any atom is 0.277 e. The molecule has 0 aliphatic carbocycles. The van der Waals surface area contributed by atoms with Crippen LogP contribution in [0.2, 0.25) is 0 Å². The monoisotopic (exact) mass is 562 g/mol. The van der Waals surface area contributed by atoms with Gasteiger partial charge in [-0.05, 0) is 51.5 Å². The first-order valence-corrected chi connectivity index (χ1v) is 11.8. The predicted octanol–water partition coefficient (Wildman–Crippen LogP) is 2.87. The summed E-state index contributed by atoms with van der Waals surface area (Å²) in [4.78, 5) is 46.7. The summed E-state index contributed by atoms with van der Waals surface area (Å²) in [6, 6.07) is 8.77. The molecule has 0 saturated carbocycles. The second-order valence-corrected chi connectivity index (χ2v) is 8.47. The van der Waals surface area contributed by atoms with E-state index in [0.29, 0.717) is 16.7 Å². The average molecular weight is 563 g/mol. The van der Waals surface area contributed by atoms with Gasteiger partial charge in [0.1, 0.15) is 0 Å². The van der Waals surface area contributed by atoms with Crippen LogP contribution in [0.3, 0.4) is 0 Å². The molecule has 2 N–H and O–H groups in total. The zero-order valence-electron chi connectivity index (χ0n) is 24.3. The Balaban J connectivity index is 0.000000614. The fraction of sp³-hybridized carbons (Fsp3) is 0.385. The van der Waals surface area contributed by atoms with Gasteiger partial charge in [-0.25, -0.2) is 0 Å². The molecule has 14 nitrogen and oxygen atoms in total. The Morgan fingerprint density at radius 2 is 1.30 bits per heavy atom. The van der Waals surface area contributed by atoms with Crippen LogP contribution in [0.25, 0.3) is 6.08 Å². The maximum atomic E-state index is 11.4. The minimum absolute atomic E-state index is 0.0360. The molecule has 2 rings (SSSR count). The van der Waals surface area contributed by atoms with Gasteiger partial charge in [-0.3, -0.25) is 34.7 Å². The molecule has 0 aliphatic rings. The van der Waals surface area contributed by atoms with Gasteiger partial charge in [-0.2, -0.15) is 0 Å². The van der Waals surface area contributed by atoms with Crippen molar-refractivity contribution >= 4 is 29.3 Å². The number of amides is 2. The number of carbonyl (C=O) groups is 2. The molecule has 0 radical (unpaired) electrons. The molecular formula is C26H38N6O8. The van der Waals surface area contributed by atoms with E-state index in [4.69, 9.17) is 9.47 Å². The number of ether oxygens (including phenoxy) is 2. The van der Waals surface area contributed by atoms with E-state index < -0.39 is 9.85 Å². The van der Waals surface area contributed by atoms with E-state index in [2.05, 4.69) is 10.6 Å². The van der Waals surface area contributed by atoms with E-state index in [-0.39, 0.29) is 35.2 Å². The second-order valence-electron chi connectivity index (χ2n) is 8.47. The molecule has 0 aliphatic heterocycles. The minimum atomic E-state index is -0.498. The van der Waals surface area contributed by atoms with Crippen molar-refractivity contribution < 1.29 is 28.9 Å². The van der Waals surface area contributed by atoms with E-state index >= 15 is 0 Å². The molecule has 0 bridgehead atoms. The van der Waals surface area contributed by atoms with Gasteiger partial charge in [0.2, 0.25) is 6.41 Å². The van der Waals surface area contributed by atoms with Crippen LogP contribution in [-0.4, -0.2) is 94.4 Å². The van der Waals surface area contributed by atoms with Gasteiger partial charge in [-0.15, -0.1) is 0 Å². The number of nitro benzene ring substituents is 2. The fourth-order valence-corrected chi connectivity index (χ4v) is 2.97. The Morgan fingerprint density at radius 3 is 1.65 bits per heavy atom. The first-order chi connectivity index (χ1) is 18.7. The largest absolute Gasteiger partial charge is 0.383 e. The van der Waals surface area contributed by atoms with Gasteiger partial charge in [0.25, 0.3) is 23.2 Å². The lowest BCUT2D eigenvalue weighted by molar-refractivity contribution is -0.385. The first-order valence-electron chi connectivity index (χ1n) is 11.8. The van der Waals surface area contributed by atoms with Crippen molar-refractivity contribution in [1.82, 2.24) is 20.4 Å². The molecule has 0 unspecified atom stereocenters. The summed E-state index contributed by atoms with van der Waals surface area (Å²) in [5.41, 5.74) is 1.44. The minimum Gasteiger partial charge on any atom is -0.383 e. The fourth-order valence-electron chi connectivity index (χ4n) is 2.97. The summed E-state index contributed by atoms with van der Waals surface area (Å²) in [6.45, 7) is 1.63. The standard InChI is InChI=1S/C12H15N3O3.C9H10N2O3.C5H13NO2/c1-13-12(16)10-5-4-9(6-7-14(2)3)11(8-10)15(17)18;1-6-3-4-7(9(12)10-2)5-8(6)11(13)14;1-6(2)5(7-3)8-4/h4-8H,1-3H3,(H,13,16);3-5H,1-2H3,(H,10,12);5H,1-4H3/b7-6+;;. The Kier molecular flexibility index (Phi) is 16.0. The Labute approximate surface area is 233 Å². The van der Waals surface area contributed by atoms with Crippen LogP contribution in [0.1, 0.15) is 31.8 Å². The van der Waals surface area contributed by atoms with Gasteiger partial charge in [0, 0.05) is 71.2 Å². The van der Waals surface area contributed by atoms with Crippen LogP contribution in [0, 0.1) is 27.2 Å². The van der Waals surface area contributed by atoms with Gasteiger partial charge in [0.15, 0.2) is 0 Å². The lowest BCUT2D eigenvalue weighted by Gasteiger charge is -2.19. The quantitative estimate of drug-likeness (QED) is 0.263. The van der Waals surface area contributed by atoms with Crippen LogP contribution in [0.15, 0.2) is 42.6 Å². The normalized spacial score (nSPS) is 10.3. The number of aryl methyl sites for hydroxylation is 1. The van der Waals surface area contributed by atoms with Crippen LogP contribution < -0.4 is 10.6 Å². The zero-order chi connectivity index (χ0) is 31.0. The number of hydrogen-bond donors (Lipinski definition) is 2. The predicted molar refractivity (Wildman–Crippen MR) is 152 cm³/mol. The molecule has 0 heterocycles. The number of rotatable bonds is 9. The third-order valence-corrected chi connectivity index (χ3v) is 4.99. The number of carbonyl (C=O) groups excluding carboxylic acids is 2. The third-order valence-electron chi connectivity index (χ3n) is 4.99. The average Bonchev–Trinajstić information content (AvgIpc) is 2.92. The van der Waals surface area contributed by atoms with Crippen molar-refractivity contribution in [3.05, 3.63) is 85.1 Å². The topological polar surface area (TPSA) is 169 Å². The van der Waals surface area contributed by atoms with Crippen molar-refractivity contribution in [3.63, 3.8) is 0 Å². The highest BCUT2D eigenvalue weighted by atomic mass is 16.7. The number of methoxy groups -OCH3 is 2. The molecule has 2 aromatic rings. The van der Waals surface area contributed by atoms with Crippen molar-refractivity contribution in [2.24, 2.45) is 0 Å². The third kappa shape index (κ3) is 12.0. The maximum absolute atomic E-state index is 11.4. The summed E-state index contributed by atoms with van der Waals surface area (Å²) in [7, 11) is 13.6. The summed E-state index contributed by atoms with van der Waals surface area (Å²) in [5, 5.41) is 26.3. The van der Waals surface area contributed by atoms with E-state index in [0.717, 1.165) is 0 Å². The van der Waals surface area contributed by atoms with Crippen molar-refractivity contribution in [2.75, 3.05) is 56.5 Å². The van der Waals surface area contributed by atoms with E-state index in [9.17, 15) is 29.8 Å².